The first kappa shape index (κ1) is 24.8. The maximum atomic E-state index is 2.53. The summed E-state index contributed by atoms with van der Waals surface area (Å²) in [5, 5.41) is 0. The van der Waals surface area contributed by atoms with E-state index in [0.717, 1.165) is 0 Å². The quantitative estimate of drug-likeness (QED) is 0.215. The molecular formula is C37H35BN2. The fourth-order valence-electron chi connectivity index (χ4n) is 7.31. The highest BCUT2D eigenvalue weighted by atomic mass is 15.2. The number of anilines is 6. The van der Waals surface area contributed by atoms with Gasteiger partial charge in [0.25, 0.3) is 6.71 Å². The second-order valence-electron chi connectivity index (χ2n) is 12.1. The molecular weight excluding hydrogens is 483 g/mol. The highest BCUT2D eigenvalue weighted by Crippen LogP contribution is 2.45. The lowest BCUT2D eigenvalue weighted by Crippen LogP contribution is -2.62. The first-order valence-corrected chi connectivity index (χ1v) is 14.3. The normalized spacial score (nSPS) is 13.2. The molecule has 40 heavy (non-hydrogen) atoms. The van der Waals surface area contributed by atoms with Crippen molar-refractivity contribution in [3.05, 3.63) is 124 Å². The fourth-order valence-corrected chi connectivity index (χ4v) is 7.31. The number of benzene rings is 5. The Morgan fingerprint density at radius 3 is 1.40 bits per heavy atom. The van der Waals surface area contributed by atoms with Crippen molar-refractivity contribution in [1.29, 1.82) is 0 Å². The third-order valence-corrected chi connectivity index (χ3v) is 8.51. The van der Waals surface area contributed by atoms with Gasteiger partial charge in [0.05, 0.1) is 0 Å². The molecule has 0 aromatic heterocycles. The van der Waals surface area contributed by atoms with Crippen LogP contribution in [0.4, 0.5) is 34.1 Å². The summed E-state index contributed by atoms with van der Waals surface area (Å²) in [5.41, 5.74) is 20.8. The van der Waals surface area contributed by atoms with E-state index in [0.29, 0.717) is 0 Å². The predicted molar refractivity (Wildman–Crippen MR) is 174 cm³/mol. The van der Waals surface area contributed by atoms with E-state index in [1.54, 1.807) is 0 Å². The minimum atomic E-state index is 0.168. The molecule has 0 saturated heterocycles. The van der Waals surface area contributed by atoms with Gasteiger partial charge in [-0.15, -0.1) is 0 Å². The molecule has 0 atom stereocenters. The predicted octanol–water partition coefficient (Wildman–Crippen LogP) is 7.93. The molecule has 5 aromatic rings. The Labute approximate surface area is 239 Å². The number of para-hydroxylation sites is 1. The molecule has 2 nitrogen and oxygen atoms in total. The summed E-state index contributed by atoms with van der Waals surface area (Å²) in [6, 6.07) is 32.4. The van der Waals surface area contributed by atoms with Gasteiger partial charge in [0.2, 0.25) is 0 Å². The summed E-state index contributed by atoms with van der Waals surface area (Å²) in [7, 11) is 0. The fraction of sp³-hybridized carbons (Fsp3) is 0.189. The molecule has 0 saturated carbocycles. The zero-order valence-corrected chi connectivity index (χ0v) is 24.6. The number of hydrogen-bond acceptors (Lipinski definition) is 2. The van der Waals surface area contributed by atoms with Crippen molar-refractivity contribution >= 4 is 57.2 Å². The van der Waals surface area contributed by atoms with Gasteiger partial charge in [-0.1, -0.05) is 42.0 Å². The van der Waals surface area contributed by atoms with E-state index in [9.17, 15) is 0 Å². The number of nitrogens with zero attached hydrogens (tertiary/aromatic N) is 2. The van der Waals surface area contributed by atoms with Crippen LogP contribution in [0.25, 0.3) is 0 Å². The summed E-state index contributed by atoms with van der Waals surface area (Å²) in [5.74, 6) is 0. The zero-order chi connectivity index (χ0) is 27.9. The molecule has 0 unspecified atom stereocenters. The van der Waals surface area contributed by atoms with Crippen molar-refractivity contribution in [2.75, 3.05) is 9.80 Å². The van der Waals surface area contributed by atoms with Gasteiger partial charge in [-0.2, -0.15) is 0 Å². The van der Waals surface area contributed by atoms with E-state index in [2.05, 4.69) is 143 Å². The second kappa shape index (κ2) is 8.89. The van der Waals surface area contributed by atoms with Crippen LogP contribution < -0.4 is 26.2 Å². The van der Waals surface area contributed by atoms with Crippen molar-refractivity contribution in [1.82, 2.24) is 0 Å². The van der Waals surface area contributed by atoms with E-state index < -0.39 is 0 Å². The molecule has 0 spiro atoms. The van der Waals surface area contributed by atoms with Crippen molar-refractivity contribution in [3.63, 3.8) is 0 Å². The maximum absolute atomic E-state index is 2.53. The van der Waals surface area contributed by atoms with E-state index in [-0.39, 0.29) is 6.71 Å². The summed E-state index contributed by atoms with van der Waals surface area (Å²) in [6.07, 6.45) is 0. The van der Waals surface area contributed by atoms with Crippen molar-refractivity contribution in [3.8, 4) is 0 Å². The van der Waals surface area contributed by atoms with E-state index in [4.69, 9.17) is 0 Å². The number of aryl methyl sites for hydroxylation is 7. The average Bonchev–Trinajstić information content (AvgIpc) is 2.86. The monoisotopic (exact) mass is 518 g/mol. The Hall–Kier alpha value is -4.24. The highest BCUT2D eigenvalue weighted by molar-refractivity contribution is 7.00. The molecule has 0 aliphatic carbocycles. The molecule has 5 aromatic carbocycles. The van der Waals surface area contributed by atoms with Gasteiger partial charge in [0.15, 0.2) is 0 Å². The van der Waals surface area contributed by atoms with Crippen LogP contribution in [0.2, 0.25) is 0 Å². The molecule has 7 rings (SSSR count). The first-order chi connectivity index (χ1) is 19.2. The summed E-state index contributed by atoms with van der Waals surface area (Å²) < 4.78 is 0. The van der Waals surface area contributed by atoms with Crippen LogP contribution in [-0.4, -0.2) is 6.71 Å². The third-order valence-electron chi connectivity index (χ3n) is 8.51. The zero-order valence-electron chi connectivity index (χ0n) is 24.6. The molecule has 0 radical (unpaired) electrons. The van der Waals surface area contributed by atoms with Gasteiger partial charge in [0, 0.05) is 34.1 Å². The molecule has 2 heterocycles. The molecule has 2 aliphatic rings. The van der Waals surface area contributed by atoms with Gasteiger partial charge in [-0.25, -0.2) is 0 Å². The summed E-state index contributed by atoms with van der Waals surface area (Å²) in [6.45, 7) is 15.7. The topological polar surface area (TPSA) is 6.48 Å². The van der Waals surface area contributed by atoms with E-state index >= 15 is 0 Å². The lowest BCUT2D eigenvalue weighted by molar-refractivity contribution is 1.21. The lowest BCUT2D eigenvalue weighted by atomic mass is 9.32. The molecule has 0 bridgehead atoms. The lowest BCUT2D eigenvalue weighted by Gasteiger charge is -2.45. The van der Waals surface area contributed by atoms with Crippen LogP contribution in [0, 0.1) is 48.5 Å². The Bertz CT molecular complexity index is 1810. The minimum Gasteiger partial charge on any atom is -0.311 e. The number of fused-ring (bicyclic) bond motifs is 4. The van der Waals surface area contributed by atoms with Gasteiger partial charge in [0.1, 0.15) is 0 Å². The van der Waals surface area contributed by atoms with Crippen LogP contribution in [0.3, 0.4) is 0 Å². The molecule has 196 valence electrons. The SMILES string of the molecule is Cc1cc(C)cc(N2c3ccccc3B3c4c(C)cc(C)cc4N(c4cc(C)cc(C)c4)c4cc(C)cc2c43)c1. The van der Waals surface area contributed by atoms with Gasteiger partial charge in [-0.05, 0) is 147 Å². The Morgan fingerprint density at radius 1 is 0.425 bits per heavy atom. The largest absolute Gasteiger partial charge is 0.311 e. The highest BCUT2D eigenvalue weighted by Gasteiger charge is 2.44. The van der Waals surface area contributed by atoms with Crippen molar-refractivity contribution < 1.29 is 0 Å². The van der Waals surface area contributed by atoms with Crippen LogP contribution in [-0.2, 0) is 0 Å². The van der Waals surface area contributed by atoms with Crippen LogP contribution in [0.1, 0.15) is 38.9 Å². The number of rotatable bonds is 2. The van der Waals surface area contributed by atoms with Crippen molar-refractivity contribution in [2.45, 2.75) is 48.5 Å². The number of hydrogen-bond donors (Lipinski definition) is 0. The summed E-state index contributed by atoms with van der Waals surface area (Å²) >= 11 is 0. The molecule has 0 fully saturated rings. The Morgan fingerprint density at radius 2 is 0.850 bits per heavy atom. The van der Waals surface area contributed by atoms with Crippen molar-refractivity contribution in [2.24, 2.45) is 0 Å². The van der Waals surface area contributed by atoms with Crippen LogP contribution in [0.5, 0.6) is 0 Å². The minimum absolute atomic E-state index is 0.168. The maximum Gasteiger partial charge on any atom is 0.252 e. The molecule has 3 heteroatoms. The molecule has 2 aliphatic heterocycles. The smallest absolute Gasteiger partial charge is 0.252 e. The second-order valence-corrected chi connectivity index (χ2v) is 12.1. The van der Waals surface area contributed by atoms with Gasteiger partial charge in [-0.3, -0.25) is 0 Å². The van der Waals surface area contributed by atoms with Gasteiger partial charge < -0.3 is 9.80 Å². The summed E-state index contributed by atoms with van der Waals surface area (Å²) in [4.78, 5) is 5.04. The van der Waals surface area contributed by atoms with Crippen LogP contribution in [0.15, 0.2) is 84.9 Å². The average molecular weight is 519 g/mol. The Balaban J connectivity index is 1.62. The molecule has 0 N–H and O–H groups in total. The third kappa shape index (κ3) is 3.72. The molecule has 0 amide bonds. The van der Waals surface area contributed by atoms with Crippen LogP contribution >= 0.6 is 0 Å². The van der Waals surface area contributed by atoms with E-state index in [1.165, 1.54) is 89.5 Å². The van der Waals surface area contributed by atoms with E-state index in [1.807, 2.05) is 0 Å². The Kier molecular flexibility index (Phi) is 5.51. The first-order valence-electron chi connectivity index (χ1n) is 14.3. The standard InChI is InChI=1S/C37H35BN2/c1-22-12-23(2)16-29(15-22)39-32-11-9-8-10-31(32)38-36-28(7)14-26(5)19-33(36)40(30-17-24(3)13-25(4)18-30)35-21-27(6)20-34(39)37(35)38/h8-21H,1-7H3. The van der Waals surface area contributed by atoms with Gasteiger partial charge >= 0.3 is 0 Å².